The van der Waals surface area contributed by atoms with E-state index in [0.717, 1.165) is 65.9 Å². The molecule has 2 aromatic carbocycles. The van der Waals surface area contributed by atoms with Crippen molar-refractivity contribution in [3.63, 3.8) is 0 Å². The summed E-state index contributed by atoms with van der Waals surface area (Å²) in [5.41, 5.74) is 6.22. The van der Waals surface area contributed by atoms with E-state index < -0.39 is 0 Å². The van der Waals surface area contributed by atoms with Crippen LogP contribution in [0.25, 0.3) is 11.3 Å². The maximum Gasteiger partial charge on any atom is 0.255 e. The number of morpholine rings is 1. The summed E-state index contributed by atoms with van der Waals surface area (Å²) in [6.45, 7) is 6.23. The smallest absolute Gasteiger partial charge is 0.255 e. The lowest BCUT2D eigenvalue weighted by Gasteiger charge is -2.26. The maximum atomic E-state index is 13.0. The van der Waals surface area contributed by atoms with E-state index in [9.17, 15) is 4.79 Å². The molecule has 1 aliphatic rings. The molecule has 0 spiro atoms. The number of amides is 1. The van der Waals surface area contributed by atoms with E-state index in [1.165, 1.54) is 5.56 Å². The lowest BCUT2D eigenvalue weighted by atomic mass is 10.1. The number of anilines is 3. The molecule has 1 aliphatic heterocycles. The Labute approximate surface area is 226 Å². The van der Waals surface area contributed by atoms with Crippen LogP contribution in [0.4, 0.5) is 17.3 Å². The molecule has 2 aromatic heterocycles. The van der Waals surface area contributed by atoms with Gasteiger partial charge in [-0.25, -0.2) is 9.97 Å². The van der Waals surface area contributed by atoms with Crippen molar-refractivity contribution in [1.29, 1.82) is 0 Å². The number of carbonyl (C=O) groups is 1. The second kappa shape index (κ2) is 12.2. The molecule has 0 bridgehead atoms. The van der Waals surface area contributed by atoms with Crippen LogP contribution in [0, 0.1) is 6.92 Å². The molecule has 38 heavy (non-hydrogen) atoms. The number of rotatable bonds is 8. The number of thioether (sulfide) groups is 1. The van der Waals surface area contributed by atoms with Crippen molar-refractivity contribution in [2.24, 2.45) is 0 Å². The van der Waals surface area contributed by atoms with Crippen LogP contribution in [-0.2, 0) is 11.3 Å². The Balaban J connectivity index is 1.26. The lowest BCUT2D eigenvalue weighted by molar-refractivity contribution is 0.0342. The Morgan fingerprint density at radius 3 is 2.55 bits per heavy atom. The van der Waals surface area contributed by atoms with Gasteiger partial charge in [-0.1, -0.05) is 12.1 Å². The molecule has 0 radical (unpaired) electrons. The summed E-state index contributed by atoms with van der Waals surface area (Å²) in [6.07, 6.45) is 7.32. The predicted molar refractivity (Wildman–Crippen MR) is 152 cm³/mol. The molecule has 0 saturated carbocycles. The first-order chi connectivity index (χ1) is 18.6. The molecule has 3 heterocycles. The van der Waals surface area contributed by atoms with Crippen LogP contribution in [0.1, 0.15) is 21.5 Å². The summed E-state index contributed by atoms with van der Waals surface area (Å²) in [6, 6.07) is 17.4. The van der Waals surface area contributed by atoms with Gasteiger partial charge in [-0.2, -0.15) is 0 Å². The van der Waals surface area contributed by atoms with Gasteiger partial charge in [0.2, 0.25) is 5.95 Å². The number of nitrogens with one attached hydrogen (secondary N) is 2. The zero-order chi connectivity index (χ0) is 26.3. The fourth-order valence-electron chi connectivity index (χ4n) is 4.25. The molecule has 2 N–H and O–H groups in total. The summed E-state index contributed by atoms with van der Waals surface area (Å²) in [5, 5.41) is 6.32. The molecule has 1 amide bonds. The van der Waals surface area contributed by atoms with Gasteiger partial charge in [-0.3, -0.25) is 14.7 Å². The van der Waals surface area contributed by atoms with Gasteiger partial charge in [0.05, 0.1) is 23.8 Å². The molecule has 0 unspecified atom stereocenters. The van der Waals surface area contributed by atoms with E-state index in [0.29, 0.717) is 11.5 Å². The first-order valence-corrected chi connectivity index (χ1v) is 13.7. The van der Waals surface area contributed by atoms with Crippen molar-refractivity contribution >= 4 is 35.0 Å². The summed E-state index contributed by atoms with van der Waals surface area (Å²) < 4.78 is 5.44. The van der Waals surface area contributed by atoms with Gasteiger partial charge in [0.1, 0.15) is 0 Å². The average molecular weight is 527 g/mol. The Morgan fingerprint density at radius 1 is 1.05 bits per heavy atom. The van der Waals surface area contributed by atoms with Gasteiger partial charge in [0.25, 0.3) is 5.91 Å². The number of aromatic nitrogens is 3. The van der Waals surface area contributed by atoms with Crippen LogP contribution in [0.2, 0.25) is 0 Å². The summed E-state index contributed by atoms with van der Waals surface area (Å²) >= 11 is 1.60. The van der Waals surface area contributed by atoms with Gasteiger partial charge in [0.15, 0.2) is 0 Å². The minimum atomic E-state index is -0.149. The van der Waals surface area contributed by atoms with Crippen LogP contribution in [-0.4, -0.2) is 58.3 Å². The number of carbonyl (C=O) groups excluding carboxylic acids is 1. The van der Waals surface area contributed by atoms with E-state index in [2.05, 4.69) is 43.7 Å². The van der Waals surface area contributed by atoms with Gasteiger partial charge >= 0.3 is 0 Å². The van der Waals surface area contributed by atoms with Crippen molar-refractivity contribution in [3.8, 4) is 11.3 Å². The highest BCUT2D eigenvalue weighted by molar-refractivity contribution is 7.98. The number of pyridine rings is 1. The quantitative estimate of drug-likeness (QED) is 0.295. The molecule has 4 aromatic rings. The molecule has 1 saturated heterocycles. The van der Waals surface area contributed by atoms with Crippen molar-refractivity contribution in [1.82, 2.24) is 19.9 Å². The minimum Gasteiger partial charge on any atom is -0.379 e. The normalized spacial score (nSPS) is 13.7. The van der Waals surface area contributed by atoms with Crippen LogP contribution < -0.4 is 10.6 Å². The highest BCUT2D eigenvalue weighted by atomic mass is 32.2. The standard InChI is InChI=1S/C29H30N6O2S/c1-20-3-4-21(19-35-13-15-37-16-14-35)17-25(20)33-28(36)23-5-7-24(8-6-23)32-29-31-18-26(38-2)27(34-29)22-9-11-30-12-10-22/h3-12,17-18H,13-16,19H2,1-2H3,(H,33,36)(H,31,32,34). The first-order valence-electron chi connectivity index (χ1n) is 12.5. The van der Waals surface area contributed by atoms with Crippen LogP contribution >= 0.6 is 11.8 Å². The third-order valence-electron chi connectivity index (χ3n) is 6.39. The molecule has 194 valence electrons. The summed E-state index contributed by atoms with van der Waals surface area (Å²) in [5.74, 6) is 0.336. The summed E-state index contributed by atoms with van der Waals surface area (Å²) in [4.78, 5) is 29.6. The van der Waals surface area contributed by atoms with E-state index >= 15 is 0 Å². The number of nitrogens with zero attached hydrogens (tertiary/aromatic N) is 4. The lowest BCUT2D eigenvalue weighted by Crippen LogP contribution is -2.35. The van der Waals surface area contributed by atoms with Crippen LogP contribution in [0.15, 0.2) is 78.1 Å². The van der Waals surface area contributed by atoms with Gasteiger partial charge < -0.3 is 15.4 Å². The molecule has 0 aliphatic carbocycles. The second-order valence-electron chi connectivity index (χ2n) is 9.04. The zero-order valence-corrected chi connectivity index (χ0v) is 22.3. The maximum absolute atomic E-state index is 13.0. The van der Waals surface area contributed by atoms with E-state index in [-0.39, 0.29) is 5.91 Å². The minimum absolute atomic E-state index is 0.149. The molecule has 0 atom stereocenters. The largest absolute Gasteiger partial charge is 0.379 e. The highest BCUT2D eigenvalue weighted by Crippen LogP contribution is 2.29. The Morgan fingerprint density at radius 2 is 1.82 bits per heavy atom. The van der Waals surface area contributed by atoms with Crippen LogP contribution in [0.3, 0.4) is 0 Å². The van der Waals surface area contributed by atoms with Crippen molar-refractivity contribution in [3.05, 3.63) is 89.9 Å². The van der Waals surface area contributed by atoms with Crippen molar-refractivity contribution < 1.29 is 9.53 Å². The fraction of sp³-hybridized carbons (Fsp3) is 0.241. The molecular weight excluding hydrogens is 496 g/mol. The number of hydrogen-bond donors (Lipinski definition) is 2. The van der Waals surface area contributed by atoms with Gasteiger partial charge in [-0.05, 0) is 66.8 Å². The van der Waals surface area contributed by atoms with Crippen molar-refractivity contribution in [2.75, 3.05) is 43.2 Å². The number of benzene rings is 2. The number of aryl methyl sites for hydroxylation is 1. The molecule has 9 heteroatoms. The van der Waals surface area contributed by atoms with Crippen molar-refractivity contribution in [2.45, 2.75) is 18.4 Å². The molecule has 8 nitrogen and oxygen atoms in total. The van der Waals surface area contributed by atoms with Gasteiger partial charge in [-0.15, -0.1) is 11.8 Å². The number of ether oxygens (including phenoxy) is 1. The van der Waals surface area contributed by atoms with E-state index in [4.69, 9.17) is 9.72 Å². The Bertz CT molecular complexity index is 1390. The molecule has 1 fully saturated rings. The average Bonchev–Trinajstić information content (AvgIpc) is 2.96. The summed E-state index contributed by atoms with van der Waals surface area (Å²) in [7, 11) is 0. The van der Waals surface area contributed by atoms with Gasteiger partial charge in [0, 0.05) is 60.7 Å². The zero-order valence-electron chi connectivity index (χ0n) is 21.5. The predicted octanol–water partition coefficient (Wildman–Crippen LogP) is 5.40. The Hall–Kier alpha value is -3.79. The molecule has 5 rings (SSSR count). The van der Waals surface area contributed by atoms with E-state index in [1.807, 2.05) is 43.6 Å². The fourth-order valence-corrected chi connectivity index (χ4v) is 4.76. The topological polar surface area (TPSA) is 92.3 Å². The monoisotopic (exact) mass is 526 g/mol. The van der Waals surface area contributed by atoms with Crippen LogP contribution in [0.5, 0.6) is 0 Å². The third-order valence-corrected chi connectivity index (χ3v) is 7.13. The number of hydrogen-bond acceptors (Lipinski definition) is 8. The first kappa shape index (κ1) is 25.8. The second-order valence-corrected chi connectivity index (χ2v) is 9.89. The molecular formula is C29H30N6O2S. The van der Waals surface area contributed by atoms with E-state index in [1.54, 1.807) is 36.3 Å². The highest BCUT2D eigenvalue weighted by Gasteiger charge is 2.14. The SMILES string of the molecule is CSc1cnc(Nc2ccc(C(=O)Nc3cc(CN4CCOCC4)ccc3C)cc2)nc1-c1ccncc1. The third kappa shape index (κ3) is 6.36. The Kier molecular flexibility index (Phi) is 8.28.